The van der Waals surface area contributed by atoms with E-state index in [-0.39, 0.29) is 5.91 Å². The standard InChI is InChI=1S/C12H17N3O/c1-4-5-12(16)13-8-10(2)9-15-7-6-11(3)14-15/h6-7,10H,8-9H2,1-3H3,(H,13,16). The average Bonchev–Trinajstić information content (AvgIpc) is 2.61. The van der Waals surface area contributed by atoms with Crippen LogP contribution in [0.25, 0.3) is 0 Å². The van der Waals surface area contributed by atoms with E-state index < -0.39 is 0 Å². The van der Waals surface area contributed by atoms with Crippen LogP contribution in [0.3, 0.4) is 0 Å². The molecule has 0 aromatic carbocycles. The molecule has 1 unspecified atom stereocenters. The topological polar surface area (TPSA) is 46.9 Å². The van der Waals surface area contributed by atoms with Gasteiger partial charge in [0.05, 0.1) is 5.69 Å². The van der Waals surface area contributed by atoms with E-state index in [1.54, 1.807) is 6.92 Å². The van der Waals surface area contributed by atoms with Crippen LogP contribution in [0.5, 0.6) is 0 Å². The van der Waals surface area contributed by atoms with Gasteiger partial charge in [-0.1, -0.05) is 12.8 Å². The van der Waals surface area contributed by atoms with Crippen molar-refractivity contribution < 1.29 is 4.79 Å². The first kappa shape index (κ1) is 12.3. The second-order valence-corrected chi connectivity index (χ2v) is 3.87. The van der Waals surface area contributed by atoms with Crippen molar-refractivity contribution in [2.45, 2.75) is 27.3 Å². The summed E-state index contributed by atoms with van der Waals surface area (Å²) in [4.78, 5) is 11.1. The first-order chi connectivity index (χ1) is 7.61. The second-order valence-electron chi connectivity index (χ2n) is 3.87. The Kier molecular flexibility index (Phi) is 4.59. The molecule has 0 aliphatic heterocycles. The van der Waals surface area contributed by atoms with E-state index in [0.29, 0.717) is 12.5 Å². The van der Waals surface area contributed by atoms with Crippen molar-refractivity contribution >= 4 is 5.91 Å². The number of aryl methyl sites for hydroxylation is 1. The molecule has 0 saturated heterocycles. The van der Waals surface area contributed by atoms with Crippen molar-refractivity contribution in [2.75, 3.05) is 6.54 Å². The van der Waals surface area contributed by atoms with Crippen molar-refractivity contribution in [2.24, 2.45) is 5.92 Å². The van der Waals surface area contributed by atoms with Crippen LogP contribution < -0.4 is 5.32 Å². The summed E-state index contributed by atoms with van der Waals surface area (Å²) >= 11 is 0. The lowest BCUT2D eigenvalue weighted by molar-refractivity contribution is -0.115. The van der Waals surface area contributed by atoms with Gasteiger partial charge in [-0.3, -0.25) is 9.48 Å². The number of carbonyl (C=O) groups excluding carboxylic acids is 1. The number of rotatable bonds is 4. The van der Waals surface area contributed by atoms with Crippen LogP contribution in [0.4, 0.5) is 0 Å². The number of hydrogen-bond acceptors (Lipinski definition) is 2. The SMILES string of the molecule is CC#CC(=O)NCC(C)Cn1ccc(C)n1. The van der Waals surface area contributed by atoms with Gasteiger partial charge in [0.15, 0.2) is 0 Å². The van der Waals surface area contributed by atoms with Gasteiger partial charge in [-0.15, -0.1) is 0 Å². The highest BCUT2D eigenvalue weighted by Gasteiger charge is 2.05. The van der Waals surface area contributed by atoms with E-state index in [0.717, 1.165) is 12.2 Å². The molecule has 0 aliphatic carbocycles. The Morgan fingerprint density at radius 3 is 3.00 bits per heavy atom. The van der Waals surface area contributed by atoms with Crippen LogP contribution >= 0.6 is 0 Å². The number of carbonyl (C=O) groups is 1. The van der Waals surface area contributed by atoms with Crippen LogP contribution in [0.2, 0.25) is 0 Å². The zero-order valence-corrected chi connectivity index (χ0v) is 9.95. The van der Waals surface area contributed by atoms with E-state index >= 15 is 0 Å². The maximum atomic E-state index is 11.1. The van der Waals surface area contributed by atoms with Crippen molar-refractivity contribution in [1.82, 2.24) is 15.1 Å². The highest BCUT2D eigenvalue weighted by atomic mass is 16.1. The second kappa shape index (κ2) is 5.96. The van der Waals surface area contributed by atoms with Gasteiger partial charge in [0.1, 0.15) is 0 Å². The van der Waals surface area contributed by atoms with Gasteiger partial charge in [0.2, 0.25) is 0 Å². The molecule has 4 heteroatoms. The molecule has 0 aliphatic rings. The lowest BCUT2D eigenvalue weighted by Gasteiger charge is -2.11. The first-order valence-electron chi connectivity index (χ1n) is 5.32. The number of hydrogen-bond donors (Lipinski definition) is 1. The minimum atomic E-state index is -0.217. The highest BCUT2D eigenvalue weighted by Crippen LogP contribution is 2.00. The molecule has 0 bridgehead atoms. The van der Waals surface area contributed by atoms with Crippen LogP contribution in [0, 0.1) is 24.7 Å². The van der Waals surface area contributed by atoms with E-state index in [4.69, 9.17) is 0 Å². The molecule has 1 rings (SSSR count). The Bertz CT molecular complexity index is 411. The predicted molar refractivity (Wildman–Crippen MR) is 62.6 cm³/mol. The molecule has 0 fully saturated rings. The first-order valence-corrected chi connectivity index (χ1v) is 5.32. The molecule has 1 N–H and O–H groups in total. The van der Waals surface area contributed by atoms with E-state index in [9.17, 15) is 4.79 Å². The van der Waals surface area contributed by atoms with Gasteiger partial charge in [-0.05, 0) is 31.8 Å². The van der Waals surface area contributed by atoms with Crippen LogP contribution in [-0.2, 0) is 11.3 Å². The van der Waals surface area contributed by atoms with Gasteiger partial charge in [-0.2, -0.15) is 5.10 Å². The molecule has 1 aromatic heterocycles. The van der Waals surface area contributed by atoms with Gasteiger partial charge in [-0.25, -0.2) is 0 Å². The van der Waals surface area contributed by atoms with Crippen molar-refractivity contribution in [1.29, 1.82) is 0 Å². The van der Waals surface area contributed by atoms with Crippen molar-refractivity contribution in [3.63, 3.8) is 0 Å². The van der Waals surface area contributed by atoms with Gasteiger partial charge >= 0.3 is 0 Å². The molecule has 0 saturated carbocycles. The highest BCUT2D eigenvalue weighted by molar-refractivity contribution is 5.93. The summed E-state index contributed by atoms with van der Waals surface area (Å²) in [6, 6.07) is 1.97. The monoisotopic (exact) mass is 219 g/mol. The number of aromatic nitrogens is 2. The quantitative estimate of drug-likeness (QED) is 0.767. The summed E-state index contributed by atoms with van der Waals surface area (Å²) in [5.41, 5.74) is 1.01. The molecule has 4 nitrogen and oxygen atoms in total. The van der Waals surface area contributed by atoms with Gasteiger partial charge in [0, 0.05) is 19.3 Å². The Hall–Kier alpha value is -1.76. The van der Waals surface area contributed by atoms with E-state index in [2.05, 4.69) is 29.2 Å². The molecule has 0 radical (unpaired) electrons. The largest absolute Gasteiger partial charge is 0.345 e. The zero-order chi connectivity index (χ0) is 12.0. The summed E-state index contributed by atoms with van der Waals surface area (Å²) in [7, 11) is 0. The normalized spacial score (nSPS) is 11.4. The Balaban J connectivity index is 2.32. The molecule has 1 amide bonds. The lowest BCUT2D eigenvalue weighted by atomic mass is 10.2. The number of nitrogens with zero attached hydrogens (tertiary/aromatic N) is 2. The Labute approximate surface area is 96.0 Å². The van der Waals surface area contributed by atoms with Gasteiger partial charge < -0.3 is 5.32 Å². The maximum Gasteiger partial charge on any atom is 0.295 e. The summed E-state index contributed by atoms with van der Waals surface area (Å²) in [5.74, 6) is 5.13. The summed E-state index contributed by atoms with van der Waals surface area (Å²) in [6.07, 6.45) is 1.94. The fourth-order valence-corrected chi connectivity index (χ4v) is 1.37. The Morgan fingerprint density at radius 1 is 1.69 bits per heavy atom. The van der Waals surface area contributed by atoms with E-state index in [1.807, 2.05) is 23.9 Å². The third-order valence-electron chi connectivity index (χ3n) is 2.12. The molecular formula is C12H17N3O. The minimum absolute atomic E-state index is 0.217. The fourth-order valence-electron chi connectivity index (χ4n) is 1.37. The third kappa shape index (κ3) is 4.18. The number of nitrogens with one attached hydrogen (secondary N) is 1. The third-order valence-corrected chi connectivity index (χ3v) is 2.12. The van der Waals surface area contributed by atoms with Crippen LogP contribution in [-0.4, -0.2) is 22.2 Å². The van der Waals surface area contributed by atoms with Crippen LogP contribution in [0.15, 0.2) is 12.3 Å². The minimum Gasteiger partial charge on any atom is -0.345 e. The number of amides is 1. The average molecular weight is 219 g/mol. The van der Waals surface area contributed by atoms with Crippen LogP contribution in [0.1, 0.15) is 19.5 Å². The summed E-state index contributed by atoms with van der Waals surface area (Å²) in [6.45, 7) is 7.09. The maximum absolute atomic E-state index is 11.1. The molecule has 86 valence electrons. The predicted octanol–water partition coefficient (Wildman–Crippen LogP) is 0.967. The van der Waals surface area contributed by atoms with Crippen molar-refractivity contribution in [3.8, 4) is 11.8 Å². The van der Waals surface area contributed by atoms with Gasteiger partial charge in [0.25, 0.3) is 5.91 Å². The Morgan fingerprint density at radius 2 is 2.44 bits per heavy atom. The molecule has 16 heavy (non-hydrogen) atoms. The van der Waals surface area contributed by atoms with E-state index in [1.165, 1.54) is 0 Å². The molecule has 1 aromatic rings. The van der Waals surface area contributed by atoms with Crippen molar-refractivity contribution in [3.05, 3.63) is 18.0 Å². The summed E-state index contributed by atoms with van der Waals surface area (Å²) < 4.78 is 1.89. The summed E-state index contributed by atoms with van der Waals surface area (Å²) in [5, 5.41) is 7.05. The zero-order valence-electron chi connectivity index (χ0n) is 9.95. The molecule has 1 heterocycles. The lowest BCUT2D eigenvalue weighted by Crippen LogP contribution is -2.29. The smallest absolute Gasteiger partial charge is 0.295 e. The molecule has 0 spiro atoms. The molecule has 1 atom stereocenters. The fraction of sp³-hybridized carbons (Fsp3) is 0.500. The molecular weight excluding hydrogens is 202 g/mol.